The van der Waals surface area contributed by atoms with Crippen LogP contribution >= 0.6 is 15.9 Å². The highest BCUT2D eigenvalue weighted by Gasteiger charge is 2.20. The fourth-order valence-corrected chi connectivity index (χ4v) is 2.54. The summed E-state index contributed by atoms with van der Waals surface area (Å²) in [5.41, 5.74) is 5.19. The highest BCUT2D eigenvalue weighted by molar-refractivity contribution is 9.10. The minimum atomic E-state index is -0.0524. The second-order valence-corrected chi connectivity index (χ2v) is 5.11. The van der Waals surface area contributed by atoms with Gasteiger partial charge in [0, 0.05) is 4.47 Å². The van der Waals surface area contributed by atoms with Gasteiger partial charge in [0.1, 0.15) is 11.8 Å². The van der Waals surface area contributed by atoms with Crippen LogP contribution < -0.4 is 11.3 Å². The summed E-state index contributed by atoms with van der Waals surface area (Å²) >= 11 is 3.47. The van der Waals surface area contributed by atoms with Crippen LogP contribution in [0.5, 0.6) is 0 Å². The van der Waals surface area contributed by atoms with Crippen LogP contribution in [0.15, 0.2) is 34.5 Å². The molecule has 4 heteroatoms. The lowest BCUT2D eigenvalue weighted by atomic mass is 9.99. The van der Waals surface area contributed by atoms with Crippen LogP contribution in [0.1, 0.15) is 30.0 Å². The zero-order valence-electron chi connectivity index (χ0n) is 9.87. The molecule has 0 saturated carbocycles. The zero-order chi connectivity index (χ0) is 12.3. The number of halogens is 1. The van der Waals surface area contributed by atoms with Crippen molar-refractivity contribution in [3.05, 3.63) is 45.6 Å². The normalized spacial score (nSPS) is 17.2. The lowest BCUT2D eigenvalue weighted by Gasteiger charge is -2.24. The van der Waals surface area contributed by atoms with Crippen molar-refractivity contribution in [2.75, 3.05) is 6.61 Å². The first-order valence-corrected chi connectivity index (χ1v) is 6.56. The number of benzene rings is 1. The number of nitrogens with two attached hydrogens (primary N) is 1. The van der Waals surface area contributed by atoms with Crippen molar-refractivity contribution in [1.82, 2.24) is 5.43 Å². The summed E-state index contributed by atoms with van der Waals surface area (Å²) in [7, 11) is 0. The summed E-state index contributed by atoms with van der Waals surface area (Å²) < 4.78 is 6.75. The van der Waals surface area contributed by atoms with Crippen molar-refractivity contribution in [2.45, 2.75) is 25.8 Å². The van der Waals surface area contributed by atoms with Gasteiger partial charge in [0.15, 0.2) is 0 Å². The molecule has 0 aliphatic carbocycles. The van der Waals surface area contributed by atoms with E-state index in [-0.39, 0.29) is 6.04 Å². The van der Waals surface area contributed by atoms with Crippen LogP contribution in [0.25, 0.3) is 0 Å². The molecule has 0 radical (unpaired) electrons. The van der Waals surface area contributed by atoms with Gasteiger partial charge in [-0.1, -0.05) is 22.0 Å². The lowest BCUT2D eigenvalue weighted by molar-refractivity contribution is 0.167. The monoisotopic (exact) mass is 296 g/mol. The third-order valence-electron chi connectivity index (χ3n) is 2.96. The van der Waals surface area contributed by atoms with Crippen LogP contribution in [0.3, 0.4) is 0 Å². The molecule has 92 valence electrons. The number of aryl methyl sites for hydroxylation is 1. The van der Waals surface area contributed by atoms with Crippen molar-refractivity contribution in [3.8, 4) is 0 Å². The molecule has 1 aromatic rings. The van der Waals surface area contributed by atoms with Gasteiger partial charge in [-0.3, -0.25) is 5.84 Å². The Morgan fingerprint density at radius 1 is 1.47 bits per heavy atom. The number of allylic oxidation sites excluding steroid dienone is 1. The third kappa shape index (κ3) is 2.89. The van der Waals surface area contributed by atoms with Gasteiger partial charge in [0.2, 0.25) is 0 Å². The highest BCUT2D eigenvalue weighted by atomic mass is 79.9. The number of hydrogen-bond acceptors (Lipinski definition) is 3. The lowest BCUT2D eigenvalue weighted by Crippen LogP contribution is -2.31. The summed E-state index contributed by atoms with van der Waals surface area (Å²) in [5.74, 6) is 6.59. The molecule has 0 saturated heterocycles. The molecule has 0 fully saturated rings. The average molecular weight is 297 g/mol. The predicted molar refractivity (Wildman–Crippen MR) is 72.2 cm³/mol. The SMILES string of the molecule is Cc1cc(Br)ccc1C(NN)C1=CCCCO1. The van der Waals surface area contributed by atoms with E-state index in [4.69, 9.17) is 10.6 Å². The first-order chi connectivity index (χ1) is 8.22. The van der Waals surface area contributed by atoms with Crippen molar-refractivity contribution in [2.24, 2.45) is 5.84 Å². The molecule has 1 aliphatic rings. The summed E-state index contributed by atoms with van der Waals surface area (Å²) in [5, 5.41) is 0. The molecule has 1 unspecified atom stereocenters. The molecule has 0 aromatic heterocycles. The Bertz CT molecular complexity index is 431. The van der Waals surface area contributed by atoms with Gasteiger partial charge >= 0.3 is 0 Å². The van der Waals surface area contributed by atoms with Crippen molar-refractivity contribution < 1.29 is 4.74 Å². The average Bonchev–Trinajstić information content (AvgIpc) is 2.34. The Labute approximate surface area is 110 Å². The second-order valence-electron chi connectivity index (χ2n) is 4.20. The zero-order valence-corrected chi connectivity index (χ0v) is 11.5. The van der Waals surface area contributed by atoms with E-state index in [1.165, 1.54) is 5.56 Å². The van der Waals surface area contributed by atoms with Crippen LogP contribution in [0.2, 0.25) is 0 Å². The fraction of sp³-hybridized carbons (Fsp3) is 0.385. The number of nitrogens with one attached hydrogen (secondary N) is 1. The van der Waals surface area contributed by atoms with E-state index in [1.54, 1.807) is 0 Å². The summed E-state index contributed by atoms with van der Waals surface area (Å²) in [4.78, 5) is 0. The maximum atomic E-state index is 5.68. The Hall–Kier alpha value is -0.840. The summed E-state index contributed by atoms with van der Waals surface area (Å²) in [6.45, 7) is 2.85. The van der Waals surface area contributed by atoms with Gasteiger partial charge in [0.05, 0.1) is 6.61 Å². The molecule has 1 aromatic carbocycles. The predicted octanol–water partition coefficient (Wildman–Crippen LogP) is 2.96. The molecule has 3 N–H and O–H groups in total. The van der Waals surface area contributed by atoms with Crippen LogP contribution in [0.4, 0.5) is 0 Å². The van der Waals surface area contributed by atoms with Crippen LogP contribution in [0, 0.1) is 6.92 Å². The third-order valence-corrected chi connectivity index (χ3v) is 3.45. The highest BCUT2D eigenvalue weighted by Crippen LogP contribution is 2.29. The first-order valence-electron chi connectivity index (χ1n) is 5.77. The summed E-state index contributed by atoms with van der Waals surface area (Å²) in [6.07, 6.45) is 4.26. The van der Waals surface area contributed by atoms with Crippen molar-refractivity contribution in [1.29, 1.82) is 0 Å². The van der Waals surface area contributed by atoms with Gasteiger partial charge in [-0.2, -0.15) is 0 Å². The molecule has 17 heavy (non-hydrogen) atoms. The van der Waals surface area contributed by atoms with Gasteiger partial charge < -0.3 is 4.74 Å². The number of hydrogen-bond donors (Lipinski definition) is 2. The molecular formula is C13H17BrN2O. The van der Waals surface area contributed by atoms with Crippen LogP contribution in [-0.2, 0) is 4.74 Å². The molecule has 0 amide bonds. The first kappa shape index (κ1) is 12.6. The van der Waals surface area contributed by atoms with Gasteiger partial charge in [-0.15, -0.1) is 0 Å². The maximum Gasteiger partial charge on any atom is 0.115 e. The standard InChI is InChI=1S/C13H17BrN2O/c1-9-8-10(14)5-6-11(9)13(16-15)12-4-2-3-7-17-12/h4-6,8,13,16H,2-3,7,15H2,1H3. The van der Waals surface area contributed by atoms with Gasteiger partial charge in [-0.25, -0.2) is 5.43 Å². The van der Waals surface area contributed by atoms with E-state index in [0.29, 0.717) is 0 Å². The maximum absolute atomic E-state index is 5.68. The van der Waals surface area contributed by atoms with Crippen molar-refractivity contribution in [3.63, 3.8) is 0 Å². The van der Waals surface area contributed by atoms with Gasteiger partial charge in [-0.05, 0) is 49.1 Å². The molecule has 3 nitrogen and oxygen atoms in total. The van der Waals surface area contributed by atoms with E-state index in [2.05, 4.69) is 46.5 Å². The van der Waals surface area contributed by atoms with E-state index in [1.807, 2.05) is 6.07 Å². The van der Waals surface area contributed by atoms with Crippen LogP contribution in [-0.4, -0.2) is 6.61 Å². The van der Waals surface area contributed by atoms with E-state index < -0.39 is 0 Å². The quantitative estimate of drug-likeness (QED) is 0.666. The van der Waals surface area contributed by atoms with E-state index >= 15 is 0 Å². The minimum absolute atomic E-state index is 0.0524. The molecule has 1 atom stereocenters. The Kier molecular flexibility index (Phi) is 4.20. The smallest absolute Gasteiger partial charge is 0.115 e. The molecular weight excluding hydrogens is 280 g/mol. The number of ether oxygens (including phenoxy) is 1. The Balaban J connectivity index is 2.31. The number of hydrazine groups is 1. The molecule has 1 heterocycles. The Morgan fingerprint density at radius 3 is 2.88 bits per heavy atom. The minimum Gasteiger partial charge on any atom is -0.496 e. The van der Waals surface area contributed by atoms with E-state index in [0.717, 1.165) is 35.2 Å². The molecule has 0 bridgehead atoms. The van der Waals surface area contributed by atoms with Crippen molar-refractivity contribution >= 4 is 15.9 Å². The second kappa shape index (κ2) is 5.67. The number of rotatable bonds is 3. The largest absolute Gasteiger partial charge is 0.496 e. The molecule has 1 aliphatic heterocycles. The Morgan fingerprint density at radius 2 is 2.29 bits per heavy atom. The van der Waals surface area contributed by atoms with E-state index in [9.17, 15) is 0 Å². The molecule has 2 rings (SSSR count). The van der Waals surface area contributed by atoms with Gasteiger partial charge in [0.25, 0.3) is 0 Å². The molecule has 0 spiro atoms. The summed E-state index contributed by atoms with van der Waals surface area (Å²) in [6, 6.07) is 6.13. The fourth-order valence-electron chi connectivity index (χ4n) is 2.07. The topological polar surface area (TPSA) is 47.3 Å².